The Labute approximate surface area is 138 Å². The smallest absolute Gasteiger partial charge is 0.237 e. The van der Waals surface area contributed by atoms with Gasteiger partial charge >= 0.3 is 0 Å². The first-order chi connectivity index (χ1) is 11.1. The number of hydrogen-bond donors (Lipinski definition) is 2. The number of benzene rings is 1. The Hall–Kier alpha value is -1.88. The summed E-state index contributed by atoms with van der Waals surface area (Å²) in [6, 6.07) is 10.1. The molecule has 2 rings (SSSR count). The number of hydrogen-bond acceptors (Lipinski definition) is 3. The molecule has 1 saturated heterocycles. The van der Waals surface area contributed by atoms with E-state index in [1.165, 1.54) is 5.56 Å². The molecule has 1 aromatic rings. The fourth-order valence-electron chi connectivity index (χ4n) is 2.94. The van der Waals surface area contributed by atoms with Crippen molar-refractivity contribution < 1.29 is 9.59 Å². The van der Waals surface area contributed by atoms with E-state index in [9.17, 15) is 9.59 Å². The maximum Gasteiger partial charge on any atom is 0.237 e. The van der Waals surface area contributed by atoms with Gasteiger partial charge in [0.1, 0.15) is 0 Å². The SMILES string of the molecule is CC(C)NC(=O)C[C@@H]1C(=O)NCCN1CCCc1ccccc1. The van der Waals surface area contributed by atoms with Gasteiger partial charge in [-0.3, -0.25) is 14.5 Å². The van der Waals surface area contributed by atoms with Gasteiger partial charge in [0, 0.05) is 19.1 Å². The molecule has 0 saturated carbocycles. The fraction of sp³-hybridized carbons (Fsp3) is 0.556. The monoisotopic (exact) mass is 317 g/mol. The van der Waals surface area contributed by atoms with Crippen LogP contribution in [-0.2, 0) is 16.0 Å². The molecule has 1 aliphatic heterocycles. The molecule has 126 valence electrons. The summed E-state index contributed by atoms with van der Waals surface area (Å²) in [5.41, 5.74) is 1.31. The minimum Gasteiger partial charge on any atom is -0.354 e. The van der Waals surface area contributed by atoms with Gasteiger partial charge in [0.05, 0.1) is 12.5 Å². The Balaban J connectivity index is 1.86. The summed E-state index contributed by atoms with van der Waals surface area (Å²) in [6.07, 6.45) is 2.21. The Bertz CT molecular complexity index is 516. The Morgan fingerprint density at radius 1 is 1.35 bits per heavy atom. The average molecular weight is 317 g/mol. The summed E-state index contributed by atoms with van der Waals surface area (Å²) in [6.45, 7) is 6.15. The van der Waals surface area contributed by atoms with E-state index in [0.29, 0.717) is 6.54 Å². The Kier molecular flexibility index (Phi) is 6.59. The fourth-order valence-corrected chi connectivity index (χ4v) is 2.94. The molecule has 1 aromatic carbocycles. The second kappa shape index (κ2) is 8.67. The van der Waals surface area contributed by atoms with Crippen molar-refractivity contribution in [1.82, 2.24) is 15.5 Å². The van der Waals surface area contributed by atoms with Crippen LogP contribution < -0.4 is 10.6 Å². The molecule has 0 spiro atoms. The van der Waals surface area contributed by atoms with Crippen molar-refractivity contribution >= 4 is 11.8 Å². The van der Waals surface area contributed by atoms with Crippen LogP contribution >= 0.6 is 0 Å². The van der Waals surface area contributed by atoms with Crippen LogP contribution in [0.5, 0.6) is 0 Å². The van der Waals surface area contributed by atoms with Gasteiger partial charge in [0.15, 0.2) is 0 Å². The molecular formula is C18H27N3O2. The van der Waals surface area contributed by atoms with Crippen LogP contribution in [0.3, 0.4) is 0 Å². The highest BCUT2D eigenvalue weighted by Gasteiger charge is 2.31. The van der Waals surface area contributed by atoms with Crippen molar-refractivity contribution in [3.63, 3.8) is 0 Å². The van der Waals surface area contributed by atoms with Crippen LogP contribution in [0, 0.1) is 0 Å². The summed E-state index contributed by atoms with van der Waals surface area (Å²) in [5, 5.41) is 5.74. The van der Waals surface area contributed by atoms with Crippen LogP contribution in [0.15, 0.2) is 30.3 Å². The van der Waals surface area contributed by atoms with Crippen LogP contribution in [0.2, 0.25) is 0 Å². The number of carbonyl (C=O) groups excluding carboxylic acids is 2. The molecule has 5 heteroatoms. The maximum atomic E-state index is 12.1. The second-order valence-corrected chi connectivity index (χ2v) is 6.36. The number of nitrogens with one attached hydrogen (secondary N) is 2. The van der Waals surface area contributed by atoms with E-state index in [1.807, 2.05) is 32.0 Å². The standard InChI is InChI=1S/C18H27N3O2/c1-14(2)20-17(22)13-16-18(23)19-10-12-21(16)11-6-9-15-7-4-3-5-8-15/h3-5,7-8,14,16H,6,9-13H2,1-2H3,(H,19,23)(H,20,22)/t16-/m1/s1. The van der Waals surface area contributed by atoms with Crippen LogP contribution in [0.4, 0.5) is 0 Å². The second-order valence-electron chi connectivity index (χ2n) is 6.36. The number of rotatable bonds is 7. The highest BCUT2D eigenvalue weighted by Crippen LogP contribution is 2.11. The molecule has 5 nitrogen and oxygen atoms in total. The lowest BCUT2D eigenvalue weighted by atomic mass is 10.1. The first kappa shape index (κ1) is 17.5. The van der Waals surface area contributed by atoms with Crippen molar-refractivity contribution in [2.45, 2.75) is 45.2 Å². The van der Waals surface area contributed by atoms with Gasteiger partial charge < -0.3 is 10.6 Å². The van der Waals surface area contributed by atoms with E-state index in [4.69, 9.17) is 0 Å². The lowest BCUT2D eigenvalue weighted by Gasteiger charge is -2.34. The molecule has 2 N–H and O–H groups in total. The predicted molar refractivity (Wildman–Crippen MR) is 91.0 cm³/mol. The van der Waals surface area contributed by atoms with Gasteiger partial charge in [-0.1, -0.05) is 30.3 Å². The van der Waals surface area contributed by atoms with Crippen molar-refractivity contribution in [3.8, 4) is 0 Å². The molecule has 2 amide bonds. The van der Waals surface area contributed by atoms with E-state index >= 15 is 0 Å². The van der Waals surface area contributed by atoms with E-state index in [2.05, 4.69) is 27.7 Å². The zero-order valence-electron chi connectivity index (χ0n) is 14.0. The quantitative estimate of drug-likeness (QED) is 0.798. The van der Waals surface area contributed by atoms with E-state index in [1.54, 1.807) is 0 Å². The molecule has 1 fully saturated rings. The largest absolute Gasteiger partial charge is 0.354 e. The van der Waals surface area contributed by atoms with Crippen molar-refractivity contribution in [1.29, 1.82) is 0 Å². The molecule has 0 unspecified atom stereocenters. The van der Waals surface area contributed by atoms with Crippen LogP contribution in [-0.4, -0.2) is 48.4 Å². The Morgan fingerprint density at radius 2 is 2.09 bits per heavy atom. The molecule has 1 heterocycles. The lowest BCUT2D eigenvalue weighted by Crippen LogP contribution is -2.56. The summed E-state index contributed by atoms with van der Waals surface area (Å²) >= 11 is 0. The number of aryl methyl sites for hydroxylation is 1. The number of carbonyl (C=O) groups is 2. The number of piperazine rings is 1. The third-order valence-corrected chi connectivity index (χ3v) is 4.02. The number of amides is 2. The first-order valence-electron chi connectivity index (χ1n) is 8.41. The molecule has 0 radical (unpaired) electrons. The van der Waals surface area contributed by atoms with Gasteiger partial charge in [-0.15, -0.1) is 0 Å². The van der Waals surface area contributed by atoms with Gasteiger partial charge in [-0.2, -0.15) is 0 Å². The minimum atomic E-state index is -0.349. The molecule has 0 aliphatic carbocycles. The Morgan fingerprint density at radius 3 is 2.78 bits per heavy atom. The summed E-state index contributed by atoms with van der Waals surface area (Å²) in [4.78, 5) is 26.3. The van der Waals surface area contributed by atoms with Gasteiger partial charge in [0.2, 0.25) is 11.8 Å². The van der Waals surface area contributed by atoms with Gasteiger partial charge in [0.25, 0.3) is 0 Å². The van der Waals surface area contributed by atoms with Crippen molar-refractivity contribution in [2.24, 2.45) is 0 Å². The average Bonchev–Trinajstić information content (AvgIpc) is 2.51. The van der Waals surface area contributed by atoms with Gasteiger partial charge in [-0.25, -0.2) is 0 Å². The first-order valence-corrected chi connectivity index (χ1v) is 8.41. The molecular weight excluding hydrogens is 290 g/mol. The number of nitrogens with zero attached hydrogens (tertiary/aromatic N) is 1. The van der Waals surface area contributed by atoms with E-state index in [-0.39, 0.29) is 30.3 Å². The van der Waals surface area contributed by atoms with Gasteiger partial charge in [-0.05, 0) is 38.8 Å². The topological polar surface area (TPSA) is 61.4 Å². The molecule has 23 heavy (non-hydrogen) atoms. The maximum absolute atomic E-state index is 12.1. The molecule has 0 aromatic heterocycles. The minimum absolute atomic E-state index is 0.0325. The molecule has 1 atom stereocenters. The normalized spacial score (nSPS) is 18.7. The zero-order valence-corrected chi connectivity index (χ0v) is 14.0. The van der Waals surface area contributed by atoms with E-state index in [0.717, 1.165) is 25.9 Å². The summed E-state index contributed by atoms with van der Waals surface area (Å²) in [7, 11) is 0. The van der Waals surface area contributed by atoms with Crippen molar-refractivity contribution in [2.75, 3.05) is 19.6 Å². The third kappa shape index (κ3) is 5.67. The highest BCUT2D eigenvalue weighted by molar-refractivity contribution is 5.88. The highest BCUT2D eigenvalue weighted by atomic mass is 16.2. The van der Waals surface area contributed by atoms with Crippen LogP contribution in [0.25, 0.3) is 0 Å². The lowest BCUT2D eigenvalue weighted by molar-refractivity contribution is -0.134. The zero-order chi connectivity index (χ0) is 16.7. The van der Waals surface area contributed by atoms with Crippen molar-refractivity contribution in [3.05, 3.63) is 35.9 Å². The van der Waals surface area contributed by atoms with E-state index < -0.39 is 0 Å². The molecule has 1 aliphatic rings. The summed E-state index contributed by atoms with van der Waals surface area (Å²) in [5.74, 6) is -0.0926. The van der Waals surface area contributed by atoms with Crippen LogP contribution in [0.1, 0.15) is 32.3 Å². The summed E-state index contributed by atoms with van der Waals surface area (Å²) < 4.78 is 0. The predicted octanol–water partition coefficient (Wildman–Crippen LogP) is 1.33. The molecule has 0 bridgehead atoms. The third-order valence-electron chi connectivity index (χ3n) is 4.02.